The molecule has 0 aromatic heterocycles. The van der Waals surface area contributed by atoms with E-state index >= 15 is 0 Å². The fourth-order valence-electron chi connectivity index (χ4n) is 1.49. The smallest absolute Gasteiger partial charge is 0.238 e. The summed E-state index contributed by atoms with van der Waals surface area (Å²) >= 11 is 5.97. The van der Waals surface area contributed by atoms with Gasteiger partial charge in [0, 0.05) is 11.7 Å². The van der Waals surface area contributed by atoms with Crippen molar-refractivity contribution < 1.29 is 13.2 Å². The fraction of sp³-hybridized carbons (Fsp3) is 0.462. The molecule has 1 unspecified atom stereocenters. The predicted molar refractivity (Wildman–Crippen MR) is 86.3 cm³/mol. The number of hydrogen-bond acceptors (Lipinski definition) is 4. The number of amides is 1. The van der Waals surface area contributed by atoms with Gasteiger partial charge in [-0.25, -0.2) is 8.42 Å². The molecule has 0 saturated carbocycles. The molecule has 0 aliphatic rings. The van der Waals surface area contributed by atoms with Gasteiger partial charge >= 0.3 is 0 Å². The third kappa shape index (κ3) is 6.79. The molecule has 3 N–H and O–H groups in total. The van der Waals surface area contributed by atoms with Gasteiger partial charge in [-0.05, 0) is 31.5 Å². The van der Waals surface area contributed by atoms with E-state index in [1.165, 1.54) is 12.1 Å². The van der Waals surface area contributed by atoms with Crippen molar-refractivity contribution >= 4 is 38.9 Å². The van der Waals surface area contributed by atoms with Gasteiger partial charge in [0.05, 0.1) is 23.5 Å². The number of nitrogens with one attached hydrogen (secondary N) is 3. The topological polar surface area (TPSA) is 87.3 Å². The van der Waals surface area contributed by atoms with Gasteiger partial charge in [-0.2, -0.15) is 0 Å². The summed E-state index contributed by atoms with van der Waals surface area (Å²) in [5, 5.41) is 5.98. The normalized spacial score (nSPS) is 12.8. The van der Waals surface area contributed by atoms with Crippen LogP contribution in [0.5, 0.6) is 0 Å². The third-order valence-corrected chi connectivity index (χ3v) is 3.68. The lowest BCUT2D eigenvalue weighted by Crippen LogP contribution is -2.33. The first-order chi connectivity index (χ1) is 9.71. The van der Waals surface area contributed by atoms with Crippen LogP contribution in [0.25, 0.3) is 0 Å². The Morgan fingerprint density at radius 2 is 2.05 bits per heavy atom. The lowest BCUT2D eigenvalue weighted by atomic mass is 10.2. The van der Waals surface area contributed by atoms with E-state index in [4.69, 9.17) is 11.6 Å². The minimum Gasteiger partial charge on any atom is -0.325 e. The SMILES string of the molecule is CCC(C)NCC(=O)Nc1ccc(NS(C)(=O)=O)c(Cl)c1. The molecule has 1 atom stereocenters. The Bertz CT molecular complexity index is 605. The van der Waals surface area contributed by atoms with Gasteiger partial charge in [0.15, 0.2) is 0 Å². The van der Waals surface area contributed by atoms with Crippen LogP contribution in [0.15, 0.2) is 18.2 Å². The predicted octanol–water partition coefficient (Wildman–Crippen LogP) is 2.04. The molecular weight excluding hydrogens is 314 g/mol. The van der Waals surface area contributed by atoms with Gasteiger partial charge in [-0.3, -0.25) is 9.52 Å². The van der Waals surface area contributed by atoms with Crippen LogP contribution in [0.4, 0.5) is 11.4 Å². The average Bonchev–Trinajstić information content (AvgIpc) is 2.38. The van der Waals surface area contributed by atoms with Crippen LogP contribution in [-0.2, 0) is 14.8 Å². The number of benzene rings is 1. The molecule has 1 amide bonds. The zero-order valence-corrected chi connectivity index (χ0v) is 13.8. The Kier molecular flexibility index (Phi) is 6.44. The van der Waals surface area contributed by atoms with Crippen LogP contribution in [0.1, 0.15) is 20.3 Å². The summed E-state index contributed by atoms with van der Waals surface area (Å²) < 4.78 is 24.6. The van der Waals surface area contributed by atoms with Gasteiger partial charge in [0.2, 0.25) is 15.9 Å². The first-order valence-corrected chi connectivity index (χ1v) is 8.78. The van der Waals surface area contributed by atoms with E-state index in [0.717, 1.165) is 12.7 Å². The maximum absolute atomic E-state index is 11.7. The Morgan fingerprint density at radius 1 is 1.38 bits per heavy atom. The molecule has 1 aromatic carbocycles. The van der Waals surface area contributed by atoms with E-state index in [2.05, 4.69) is 15.4 Å². The number of halogens is 1. The molecule has 0 aliphatic carbocycles. The summed E-state index contributed by atoms with van der Waals surface area (Å²) in [6.07, 6.45) is 1.98. The van der Waals surface area contributed by atoms with Crippen molar-refractivity contribution in [1.82, 2.24) is 5.32 Å². The summed E-state index contributed by atoms with van der Waals surface area (Å²) in [6, 6.07) is 4.85. The molecule has 0 saturated heterocycles. The van der Waals surface area contributed by atoms with Crippen molar-refractivity contribution in [2.45, 2.75) is 26.3 Å². The molecule has 0 heterocycles. The summed E-state index contributed by atoms with van der Waals surface area (Å²) in [7, 11) is -3.39. The zero-order valence-electron chi connectivity index (χ0n) is 12.2. The van der Waals surface area contributed by atoms with E-state index in [1.54, 1.807) is 6.07 Å². The van der Waals surface area contributed by atoms with E-state index in [-0.39, 0.29) is 29.2 Å². The maximum atomic E-state index is 11.7. The highest BCUT2D eigenvalue weighted by atomic mass is 35.5. The molecule has 0 bridgehead atoms. The second-order valence-corrected chi connectivity index (χ2v) is 6.96. The first kappa shape index (κ1) is 17.7. The quantitative estimate of drug-likeness (QED) is 0.712. The molecule has 0 spiro atoms. The lowest BCUT2D eigenvalue weighted by Gasteiger charge is -2.12. The first-order valence-electron chi connectivity index (χ1n) is 6.52. The number of rotatable bonds is 7. The van der Waals surface area contributed by atoms with Crippen molar-refractivity contribution in [1.29, 1.82) is 0 Å². The minimum atomic E-state index is -3.39. The fourth-order valence-corrected chi connectivity index (χ4v) is 2.35. The maximum Gasteiger partial charge on any atom is 0.238 e. The monoisotopic (exact) mass is 333 g/mol. The Morgan fingerprint density at radius 3 is 2.57 bits per heavy atom. The number of carbonyl (C=O) groups excluding carboxylic acids is 1. The van der Waals surface area contributed by atoms with Crippen LogP contribution in [0.2, 0.25) is 5.02 Å². The molecule has 21 heavy (non-hydrogen) atoms. The van der Waals surface area contributed by atoms with Gasteiger partial charge in [-0.1, -0.05) is 18.5 Å². The average molecular weight is 334 g/mol. The molecular formula is C13H20ClN3O3S. The second-order valence-electron chi connectivity index (χ2n) is 4.81. The highest BCUT2D eigenvalue weighted by Gasteiger charge is 2.09. The second kappa shape index (κ2) is 7.63. The third-order valence-electron chi connectivity index (χ3n) is 2.77. The van der Waals surface area contributed by atoms with Crippen LogP contribution < -0.4 is 15.4 Å². The van der Waals surface area contributed by atoms with Gasteiger partial charge in [-0.15, -0.1) is 0 Å². The van der Waals surface area contributed by atoms with E-state index < -0.39 is 10.0 Å². The van der Waals surface area contributed by atoms with Crippen molar-refractivity contribution in [2.24, 2.45) is 0 Å². The van der Waals surface area contributed by atoms with Crippen LogP contribution >= 0.6 is 11.6 Å². The minimum absolute atomic E-state index is 0.185. The van der Waals surface area contributed by atoms with Crippen LogP contribution in [0.3, 0.4) is 0 Å². The van der Waals surface area contributed by atoms with Crippen molar-refractivity contribution in [2.75, 3.05) is 22.8 Å². The van der Waals surface area contributed by atoms with Crippen molar-refractivity contribution in [3.05, 3.63) is 23.2 Å². The zero-order chi connectivity index (χ0) is 16.0. The Hall–Kier alpha value is -1.31. The summed E-state index contributed by atoms with van der Waals surface area (Å²) in [6.45, 7) is 4.23. The highest BCUT2D eigenvalue weighted by Crippen LogP contribution is 2.26. The molecule has 118 valence electrons. The highest BCUT2D eigenvalue weighted by molar-refractivity contribution is 7.92. The summed E-state index contributed by atoms with van der Waals surface area (Å²) in [5.74, 6) is -0.185. The number of carbonyl (C=O) groups is 1. The Labute approximate surface area is 130 Å². The standard InChI is InChI=1S/C13H20ClN3O3S/c1-4-9(2)15-8-13(18)16-10-5-6-12(11(14)7-10)17-21(3,19)20/h5-7,9,15,17H,4,8H2,1-3H3,(H,16,18). The van der Waals surface area contributed by atoms with Gasteiger partial charge < -0.3 is 10.6 Å². The molecule has 6 nitrogen and oxygen atoms in total. The Balaban J connectivity index is 2.65. The number of sulfonamides is 1. The molecule has 0 radical (unpaired) electrons. The number of anilines is 2. The largest absolute Gasteiger partial charge is 0.325 e. The van der Waals surface area contributed by atoms with E-state index in [9.17, 15) is 13.2 Å². The molecule has 0 aliphatic heterocycles. The lowest BCUT2D eigenvalue weighted by molar-refractivity contribution is -0.115. The van der Waals surface area contributed by atoms with Gasteiger partial charge in [0.1, 0.15) is 0 Å². The molecule has 1 rings (SSSR count). The van der Waals surface area contributed by atoms with Crippen molar-refractivity contribution in [3.63, 3.8) is 0 Å². The molecule has 1 aromatic rings. The van der Waals surface area contributed by atoms with E-state index in [0.29, 0.717) is 5.69 Å². The van der Waals surface area contributed by atoms with E-state index in [1.807, 2.05) is 13.8 Å². The molecule has 8 heteroatoms. The molecule has 0 fully saturated rings. The number of hydrogen-bond donors (Lipinski definition) is 3. The van der Waals surface area contributed by atoms with Gasteiger partial charge in [0.25, 0.3) is 0 Å². The van der Waals surface area contributed by atoms with Crippen LogP contribution in [0, 0.1) is 0 Å². The van der Waals surface area contributed by atoms with Crippen LogP contribution in [-0.4, -0.2) is 33.2 Å². The van der Waals surface area contributed by atoms with Crippen molar-refractivity contribution in [3.8, 4) is 0 Å². The summed E-state index contributed by atoms with van der Waals surface area (Å²) in [5.41, 5.74) is 0.782. The summed E-state index contributed by atoms with van der Waals surface area (Å²) in [4.78, 5) is 11.7.